The van der Waals surface area contributed by atoms with Crippen LogP contribution in [0.3, 0.4) is 0 Å². The van der Waals surface area contributed by atoms with Crippen molar-refractivity contribution in [3.63, 3.8) is 0 Å². The number of hydrogen-bond donors (Lipinski definition) is 1. The molecule has 340 valence electrons. The van der Waals surface area contributed by atoms with Crippen LogP contribution in [0, 0.1) is 0 Å². The molecular weight excluding hydrogens is 943 g/mol. The molecule has 13 nitrogen and oxygen atoms in total. The maximum atomic E-state index is 13.1. The molecule has 0 aliphatic carbocycles. The predicted octanol–water partition coefficient (Wildman–Crippen LogP) is 2.40. The zero-order valence-corrected chi connectivity index (χ0v) is 32.8. The molecule has 1 fully saturated rings. The molecule has 1 rings (SSSR count). The second-order valence-corrected chi connectivity index (χ2v) is 13.7. The summed E-state index contributed by atoms with van der Waals surface area (Å²) in [6.07, 6.45) is -60.2. The molecule has 0 amide bonds. The van der Waals surface area contributed by atoms with Crippen LogP contribution in [0.4, 0.5) is 87.8 Å². The van der Waals surface area contributed by atoms with Crippen LogP contribution in [0.1, 0.15) is 19.3 Å². The van der Waals surface area contributed by atoms with Gasteiger partial charge in [-0.1, -0.05) is 0 Å². The Balaban J connectivity index is -0.000000878. The Morgan fingerprint density at radius 3 is 1.12 bits per heavy atom. The first-order valence-corrected chi connectivity index (χ1v) is 16.8. The van der Waals surface area contributed by atoms with Gasteiger partial charge in [0.1, 0.15) is 23.1 Å². The van der Waals surface area contributed by atoms with Crippen molar-refractivity contribution in [2.24, 2.45) is 0 Å². The monoisotopic (exact) mass is 968 g/mol. The number of alkyl halides is 20. The number of hydrogen-bond acceptors (Lipinski definition) is 13. The molecule has 1 aliphatic heterocycles. The van der Waals surface area contributed by atoms with E-state index in [1.807, 2.05) is 9.47 Å². The third-order valence-electron chi connectivity index (χ3n) is 5.23. The SMILES string of the molecule is COC(F)(F)C(F)(F)OC(F)(F)C(F)(F)OC(F)(F)CO.COC(F)(F)C(F)(F)OC(F)(F)C(F)(F)OC(F)(F)COCCCS(=O)(=O)[O-].O=S1(=O)CCCC1.[K+]. The minimum atomic E-state index is -6.70. The molecule has 1 N–H and O–H groups in total. The summed E-state index contributed by atoms with van der Waals surface area (Å²) in [6.45, 7) is -5.69. The number of methoxy groups -OCH3 is 2. The summed E-state index contributed by atoms with van der Waals surface area (Å²) in [5.41, 5.74) is 0. The van der Waals surface area contributed by atoms with Gasteiger partial charge in [-0.3, -0.25) is 0 Å². The molecule has 0 aromatic carbocycles. The second-order valence-electron chi connectivity index (χ2n) is 9.91. The van der Waals surface area contributed by atoms with Crippen molar-refractivity contribution in [1.82, 2.24) is 0 Å². The van der Waals surface area contributed by atoms with Gasteiger partial charge in [-0.25, -0.2) is 35.8 Å². The fourth-order valence-electron chi connectivity index (χ4n) is 2.63. The molecule has 0 unspecified atom stereocenters. The Bertz CT molecular complexity index is 1430. The zero-order valence-electron chi connectivity index (χ0n) is 28.1. The van der Waals surface area contributed by atoms with E-state index in [-0.39, 0.29) is 65.6 Å². The van der Waals surface area contributed by atoms with Crippen molar-refractivity contribution < 1.29 is 199 Å². The maximum Gasteiger partial charge on any atom is 1.00 e. The fourth-order valence-corrected chi connectivity index (χ4v) is 4.59. The number of aliphatic hydroxyl groups excluding tert-OH is 1. The van der Waals surface area contributed by atoms with Crippen LogP contribution in [0.2, 0.25) is 0 Å². The van der Waals surface area contributed by atoms with Crippen molar-refractivity contribution >= 4 is 20.0 Å². The number of aliphatic hydroxyl groups is 1. The first-order valence-electron chi connectivity index (χ1n) is 13.4. The van der Waals surface area contributed by atoms with Gasteiger partial charge in [-0.05, 0) is 19.3 Å². The van der Waals surface area contributed by atoms with E-state index in [1.165, 1.54) is 0 Å². The standard InChI is InChI=1S/C10H12F10O7S.C7H6F10O4.C4H8O2S.K/c1-24-7(13,14)8(15,16)27-10(19,20)9(17,18)26-6(11,12)5-25-3-2-4-28(21,22)23;1-19-4(10,11)5(12,13)21-7(16,17)6(14,15)20-3(8,9)2-18;5-7(6)3-1-2-4-7;/h2-5H2,1H3,(H,21,22,23);18H,2H2,1H3;1-4H2;/q;;;+1/p-1. The normalized spacial score (nSPS) is 16.6. The topological polar surface area (TPSA) is 176 Å². The fraction of sp³-hybridized carbons (Fsp3) is 1.00. The summed E-state index contributed by atoms with van der Waals surface area (Å²) >= 11 is 0. The summed E-state index contributed by atoms with van der Waals surface area (Å²) in [7, 11) is -7.50. The van der Waals surface area contributed by atoms with E-state index in [4.69, 9.17) is 5.11 Å². The molecule has 1 saturated heterocycles. The maximum absolute atomic E-state index is 13.1. The van der Waals surface area contributed by atoms with E-state index >= 15 is 0 Å². The Morgan fingerprint density at radius 1 is 0.561 bits per heavy atom. The third kappa shape index (κ3) is 20.9. The Hall–Kier alpha value is -0.224. The minimum absolute atomic E-state index is 0. The van der Waals surface area contributed by atoms with Crippen molar-refractivity contribution in [1.29, 1.82) is 0 Å². The summed E-state index contributed by atoms with van der Waals surface area (Å²) in [6, 6.07) is 0. The average molecular weight is 969 g/mol. The smallest absolute Gasteiger partial charge is 0.748 e. The second kappa shape index (κ2) is 21.7. The molecule has 0 saturated carbocycles. The van der Waals surface area contributed by atoms with Crippen LogP contribution >= 0.6 is 0 Å². The summed E-state index contributed by atoms with van der Waals surface area (Å²) < 4.78 is 323. The molecule has 0 bridgehead atoms. The number of sulfone groups is 1. The van der Waals surface area contributed by atoms with Crippen LogP contribution in [-0.2, 0) is 53.1 Å². The molecule has 0 aromatic heterocycles. The molecule has 0 aromatic rings. The molecule has 36 heteroatoms. The van der Waals surface area contributed by atoms with E-state index in [2.05, 4.69) is 23.7 Å². The van der Waals surface area contributed by atoms with Gasteiger partial charge < -0.3 is 23.9 Å². The number of ether oxygens (including phenoxy) is 7. The molecular formula is C21H25F20KO13S2. The largest absolute Gasteiger partial charge is 1.00 e. The van der Waals surface area contributed by atoms with Gasteiger partial charge in [-0.15, -0.1) is 0 Å². The van der Waals surface area contributed by atoms with Gasteiger partial charge in [0.25, 0.3) is 0 Å². The van der Waals surface area contributed by atoms with Gasteiger partial charge in [0.15, 0.2) is 0 Å². The van der Waals surface area contributed by atoms with Gasteiger partial charge in [0, 0.05) is 26.6 Å². The molecule has 1 aliphatic rings. The zero-order chi connectivity index (χ0) is 45.3. The van der Waals surface area contributed by atoms with E-state index in [9.17, 15) is 109 Å². The van der Waals surface area contributed by atoms with Crippen molar-refractivity contribution in [2.75, 3.05) is 51.3 Å². The number of halogens is 20. The van der Waals surface area contributed by atoms with Gasteiger partial charge >= 0.3 is 112 Å². The van der Waals surface area contributed by atoms with Crippen molar-refractivity contribution in [3.8, 4) is 0 Å². The Morgan fingerprint density at radius 2 is 0.860 bits per heavy atom. The van der Waals surface area contributed by atoms with Gasteiger partial charge in [0.2, 0.25) is 0 Å². The van der Waals surface area contributed by atoms with Crippen molar-refractivity contribution in [3.05, 3.63) is 0 Å². The molecule has 0 atom stereocenters. The van der Waals surface area contributed by atoms with E-state index in [0.717, 1.165) is 12.8 Å². The quantitative estimate of drug-likeness (QED) is 0.0770. The van der Waals surface area contributed by atoms with Crippen LogP contribution in [0.5, 0.6) is 0 Å². The minimum Gasteiger partial charge on any atom is -0.748 e. The summed E-state index contributed by atoms with van der Waals surface area (Å²) in [5.74, 6) is -0.246. The molecule has 1 heterocycles. The third-order valence-corrected chi connectivity index (χ3v) is 7.84. The van der Waals surface area contributed by atoms with Crippen LogP contribution in [0.15, 0.2) is 0 Å². The molecule has 57 heavy (non-hydrogen) atoms. The van der Waals surface area contributed by atoms with E-state index < -0.39 is 113 Å². The van der Waals surface area contributed by atoms with Crippen molar-refractivity contribution in [2.45, 2.75) is 80.3 Å². The van der Waals surface area contributed by atoms with E-state index in [0.29, 0.717) is 11.5 Å². The first-order chi connectivity index (χ1) is 24.4. The summed E-state index contributed by atoms with van der Waals surface area (Å²) in [5, 5.41) is 7.84. The van der Waals surface area contributed by atoms with Gasteiger partial charge in [-0.2, -0.15) is 87.8 Å². The Labute approximate surface area is 348 Å². The van der Waals surface area contributed by atoms with Gasteiger partial charge in [0.05, 0.1) is 21.6 Å². The predicted molar refractivity (Wildman–Crippen MR) is 133 cm³/mol. The summed E-state index contributed by atoms with van der Waals surface area (Å²) in [4.78, 5) is 0. The first kappa shape index (κ1) is 61.1. The molecule has 0 spiro atoms. The average Bonchev–Trinajstić information content (AvgIpc) is 3.38. The van der Waals surface area contributed by atoms with Crippen LogP contribution in [0.25, 0.3) is 0 Å². The number of rotatable bonds is 21. The van der Waals surface area contributed by atoms with E-state index in [1.54, 1.807) is 0 Å². The van der Waals surface area contributed by atoms with Crippen LogP contribution in [-0.4, -0.2) is 139 Å². The van der Waals surface area contributed by atoms with Crippen LogP contribution < -0.4 is 51.4 Å². The Kier molecular flexibility index (Phi) is 23.3. The molecule has 0 radical (unpaired) electrons.